The van der Waals surface area contributed by atoms with Crippen LogP contribution in [0.3, 0.4) is 0 Å². The summed E-state index contributed by atoms with van der Waals surface area (Å²) in [7, 11) is 1.65. The molecule has 0 saturated carbocycles. The average Bonchev–Trinajstić information content (AvgIpc) is 2.77. The van der Waals surface area contributed by atoms with Crippen molar-refractivity contribution in [3.8, 4) is 5.75 Å². The molecule has 1 saturated heterocycles. The Labute approximate surface area is 102 Å². The zero-order valence-electron chi connectivity index (χ0n) is 10.4. The zero-order chi connectivity index (χ0) is 12.3. The molecule has 1 aromatic carbocycles. The molecule has 1 N–H and O–H groups in total. The summed E-state index contributed by atoms with van der Waals surface area (Å²) in [5, 5.41) is 10.1. The third kappa shape index (κ3) is 3.20. The highest BCUT2D eigenvalue weighted by molar-refractivity contribution is 5.27. The Kier molecular flexibility index (Phi) is 4.02. The molecule has 1 heterocycles. The van der Waals surface area contributed by atoms with Crippen molar-refractivity contribution >= 4 is 0 Å². The van der Waals surface area contributed by atoms with E-state index in [0.717, 1.165) is 17.7 Å². The highest BCUT2D eigenvalue weighted by atomic mass is 16.5. The van der Waals surface area contributed by atoms with Crippen LogP contribution in [-0.2, 0) is 11.2 Å². The van der Waals surface area contributed by atoms with Gasteiger partial charge in [0.2, 0.25) is 0 Å². The Morgan fingerprint density at radius 2 is 2.12 bits per heavy atom. The first-order valence-corrected chi connectivity index (χ1v) is 6.11. The fourth-order valence-corrected chi connectivity index (χ4v) is 2.29. The molecule has 1 aliphatic rings. The molecule has 0 bridgehead atoms. The van der Waals surface area contributed by atoms with Gasteiger partial charge in [-0.05, 0) is 37.5 Å². The van der Waals surface area contributed by atoms with E-state index in [9.17, 15) is 5.11 Å². The summed E-state index contributed by atoms with van der Waals surface area (Å²) in [5.74, 6) is 1.12. The van der Waals surface area contributed by atoms with E-state index >= 15 is 0 Å². The normalized spacial score (nSPS) is 25.8. The van der Waals surface area contributed by atoms with Crippen LogP contribution in [0.5, 0.6) is 5.75 Å². The molecule has 2 rings (SSSR count). The van der Waals surface area contributed by atoms with E-state index in [1.807, 2.05) is 24.3 Å². The maximum Gasteiger partial charge on any atom is 0.118 e. The van der Waals surface area contributed by atoms with Crippen LogP contribution >= 0.6 is 0 Å². The molecular formula is C14H20O3. The number of methoxy groups -OCH3 is 1. The van der Waals surface area contributed by atoms with Crippen LogP contribution in [0.4, 0.5) is 0 Å². The fourth-order valence-electron chi connectivity index (χ4n) is 2.29. The largest absolute Gasteiger partial charge is 0.497 e. The van der Waals surface area contributed by atoms with Crippen molar-refractivity contribution in [2.45, 2.75) is 32.0 Å². The van der Waals surface area contributed by atoms with Crippen LogP contribution in [0.25, 0.3) is 0 Å². The van der Waals surface area contributed by atoms with Gasteiger partial charge in [-0.3, -0.25) is 0 Å². The monoisotopic (exact) mass is 236 g/mol. The van der Waals surface area contributed by atoms with Gasteiger partial charge in [-0.1, -0.05) is 12.1 Å². The number of aliphatic hydroxyl groups excluding tert-OH is 1. The minimum atomic E-state index is -0.312. The summed E-state index contributed by atoms with van der Waals surface area (Å²) < 4.78 is 10.6. The lowest BCUT2D eigenvalue weighted by Gasteiger charge is -2.16. The summed E-state index contributed by atoms with van der Waals surface area (Å²) >= 11 is 0. The summed E-state index contributed by atoms with van der Waals surface area (Å²) in [4.78, 5) is 0. The minimum absolute atomic E-state index is 0.270. The maximum atomic E-state index is 10.1. The molecule has 3 unspecified atom stereocenters. The molecule has 1 aromatic rings. The molecule has 3 atom stereocenters. The highest BCUT2D eigenvalue weighted by Crippen LogP contribution is 2.24. The third-order valence-electron chi connectivity index (χ3n) is 3.38. The lowest BCUT2D eigenvalue weighted by Crippen LogP contribution is -2.23. The van der Waals surface area contributed by atoms with Gasteiger partial charge in [0.1, 0.15) is 5.75 Å². The Hall–Kier alpha value is -1.06. The minimum Gasteiger partial charge on any atom is -0.497 e. The Balaban J connectivity index is 1.91. The predicted molar refractivity (Wildman–Crippen MR) is 66.2 cm³/mol. The van der Waals surface area contributed by atoms with Gasteiger partial charge >= 0.3 is 0 Å². The summed E-state index contributed by atoms with van der Waals surface area (Å²) in [5.41, 5.74) is 1.14. The first-order chi connectivity index (χ1) is 8.19. The van der Waals surface area contributed by atoms with Gasteiger partial charge in [-0.2, -0.15) is 0 Å². The number of aliphatic hydroxyl groups is 1. The Morgan fingerprint density at radius 3 is 2.65 bits per heavy atom. The molecule has 0 amide bonds. The van der Waals surface area contributed by atoms with Gasteiger partial charge in [0.05, 0.1) is 25.9 Å². The number of ether oxygens (including phenoxy) is 2. The lowest BCUT2D eigenvalue weighted by atomic mass is 9.94. The first-order valence-electron chi connectivity index (χ1n) is 6.11. The lowest BCUT2D eigenvalue weighted by molar-refractivity contribution is 0.0807. The second-order valence-electron chi connectivity index (χ2n) is 4.76. The van der Waals surface area contributed by atoms with Crippen molar-refractivity contribution in [3.05, 3.63) is 29.8 Å². The second kappa shape index (κ2) is 5.52. The van der Waals surface area contributed by atoms with Crippen molar-refractivity contribution in [2.24, 2.45) is 5.92 Å². The molecule has 0 radical (unpaired) electrons. The molecule has 1 fully saturated rings. The topological polar surface area (TPSA) is 38.7 Å². The van der Waals surface area contributed by atoms with Crippen molar-refractivity contribution in [1.29, 1.82) is 0 Å². The number of hydrogen-bond acceptors (Lipinski definition) is 3. The molecule has 17 heavy (non-hydrogen) atoms. The van der Waals surface area contributed by atoms with E-state index in [4.69, 9.17) is 9.47 Å². The number of rotatable bonds is 4. The summed E-state index contributed by atoms with van der Waals surface area (Å²) in [6, 6.07) is 7.86. The van der Waals surface area contributed by atoms with Gasteiger partial charge in [0, 0.05) is 5.92 Å². The van der Waals surface area contributed by atoms with Crippen molar-refractivity contribution in [2.75, 3.05) is 13.7 Å². The van der Waals surface area contributed by atoms with Gasteiger partial charge in [0.25, 0.3) is 0 Å². The predicted octanol–water partition coefficient (Wildman–Crippen LogP) is 2.02. The van der Waals surface area contributed by atoms with Crippen LogP contribution < -0.4 is 4.74 Å². The van der Waals surface area contributed by atoms with Crippen LogP contribution in [0, 0.1) is 5.92 Å². The van der Waals surface area contributed by atoms with Gasteiger partial charge in [0.15, 0.2) is 0 Å². The van der Waals surface area contributed by atoms with Crippen molar-refractivity contribution in [1.82, 2.24) is 0 Å². The van der Waals surface area contributed by atoms with Gasteiger partial charge < -0.3 is 14.6 Å². The van der Waals surface area contributed by atoms with Crippen LogP contribution in [0.2, 0.25) is 0 Å². The number of benzene rings is 1. The fraction of sp³-hybridized carbons (Fsp3) is 0.571. The molecule has 3 nitrogen and oxygen atoms in total. The Bertz CT molecular complexity index is 347. The molecule has 94 valence electrons. The van der Waals surface area contributed by atoms with Gasteiger partial charge in [-0.15, -0.1) is 0 Å². The van der Waals surface area contributed by atoms with Crippen molar-refractivity contribution < 1.29 is 14.6 Å². The van der Waals surface area contributed by atoms with E-state index in [-0.39, 0.29) is 18.1 Å². The summed E-state index contributed by atoms with van der Waals surface area (Å²) in [6.07, 6.45) is 1.61. The third-order valence-corrected chi connectivity index (χ3v) is 3.38. The quantitative estimate of drug-likeness (QED) is 0.869. The van der Waals surface area contributed by atoms with E-state index in [1.165, 1.54) is 0 Å². The van der Waals surface area contributed by atoms with Gasteiger partial charge in [-0.25, -0.2) is 0 Å². The maximum absolute atomic E-state index is 10.1. The Morgan fingerprint density at radius 1 is 1.41 bits per heavy atom. The molecule has 0 spiro atoms. The van der Waals surface area contributed by atoms with Crippen LogP contribution in [0.1, 0.15) is 18.9 Å². The smallest absolute Gasteiger partial charge is 0.118 e. The highest BCUT2D eigenvalue weighted by Gasteiger charge is 2.28. The SMILES string of the molecule is COc1ccc(CC(O)C2COC(C)C2)cc1. The second-order valence-corrected chi connectivity index (χ2v) is 4.76. The zero-order valence-corrected chi connectivity index (χ0v) is 10.4. The molecular weight excluding hydrogens is 216 g/mol. The van der Waals surface area contributed by atoms with Crippen LogP contribution in [0.15, 0.2) is 24.3 Å². The van der Waals surface area contributed by atoms with E-state index in [0.29, 0.717) is 13.0 Å². The van der Waals surface area contributed by atoms with Crippen LogP contribution in [-0.4, -0.2) is 31.0 Å². The standard InChI is InChI=1S/C14H20O3/c1-10-7-12(9-17-10)14(15)8-11-3-5-13(16-2)6-4-11/h3-6,10,12,14-15H,7-9H2,1-2H3. The molecule has 1 aliphatic heterocycles. The van der Waals surface area contributed by atoms with Crippen molar-refractivity contribution in [3.63, 3.8) is 0 Å². The van der Waals surface area contributed by atoms with E-state index in [2.05, 4.69) is 6.92 Å². The molecule has 0 aromatic heterocycles. The number of hydrogen-bond donors (Lipinski definition) is 1. The summed E-state index contributed by atoms with van der Waals surface area (Å²) in [6.45, 7) is 2.73. The molecule has 0 aliphatic carbocycles. The van der Waals surface area contributed by atoms with E-state index < -0.39 is 0 Å². The molecule has 3 heteroatoms. The average molecular weight is 236 g/mol. The van der Waals surface area contributed by atoms with E-state index in [1.54, 1.807) is 7.11 Å². The first kappa shape index (κ1) is 12.4.